The second kappa shape index (κ2) is 2.97. The number of benzene rings is 1. The van der Waals surface area contributed by atoms with Gasteiger partial charge in [0, 0.05) is 6.07 Å². The Hall–Kier alpha value is -1.71. The average Bonchev–Trinajstić information content (AvgIpc) is 2.61. The molecule has 1 aromatic heterocycles. The fourth-order valence-electron chi connectivity index (χ4n) is 1.14. The van der Waals surface area contributed by atoms with Crippen LogP contribution in [0.1, 0.15) is 5.56 Å². The highest BCUT2D eigenvalue weighted by molar-refractivity contribution is 5.38. The fraction of sp³-hybridized carbons (Fsp3) is 0.111. The SMILES string of the molecule is Cc1ccc(F)cc1-n1nccn1. The molecule has 0 bridgehead atoms. The maximum Gasteiger partial charge on any atom is 0.125 e. The maximum atomic E-state index is 12.9. The molecule has 3 nitrogen and oxygen atoms in total. The van der Waals surface area contributed by atoms with E-state index in [9.17, 15) is 4.39 Å². The minimum atomic E-state index is -0.280. The first kappa shape index (κ1) is 7.91. The lowest BCUT2D eigenvalue weighted by Gasteiger charge is -2.03. The number of aryl methyl sites for hydroxylation is 1. The molecule has 0 unspecified atom stereocenters. The summed E-state index contributed by atoms with van der Waals surface area (Å²) in [6.07, 6.45) is 3.12. The highest BCUT2D eigenvalue weighted by Gasteiger charge is 2.02. The van der Waals surface area contributed by atoms with Gasteiger partial charge in [-0.3, -0.25) is 0 Å². The van der Waals surface area contributed by atoms with Gasteiger partial charge in [0.25, 0.3) is 0 Å². The molecule has 4 heteroatoms. The number of aromatic nitrogens is 3. The lowest BCUT2D eigenvalue weighted by Crippen LogP contribution is -2.01. The first-order valence-electron chi connectivity index (χ1n) is 3.90. The monoisotopic (exact) mass is 177 g/mol. The van der Waals surface area contributed by atoms with E-state index in [2.05, 4.69) is 10.2 Å². The molecule has 0 radical (unpaired) electrons. The minimum absolute atomic E-state index is 0.280. The van der Waals surface area contributed by atoms with Gasteiger partial charge in [-0.05, 0) is 18.6 Å². The predicted octanol–water partition coefficient (Wildman–Crippen LogP) is 1.71. The van der Waals surface area contributed by atoms with Gasteiger partial charge in [-0.25, -0.2) is 4.39 Å². The van der Waals surface area contributed by atoms with Gasteiger partial charge in [-0.15, -0.1) is 0 Å². The molecule has 2 rings (SSSR count). The Morgan fingerprint density at radius 3 is 2.62 bits per heavy atom. The van der Waals surface area contributed by atoms with Crippen LogP contribution in [0.2, 0.25) is 0 Å². The van der Waals surface area contributed by atoms with Crippen LogP contribution in [0.3, 0.4) is 0 Å². The molecular formula is C9H8FN3. The summed E-state index contributed by atoms with van der Waals surface area (Å²) in [5, 5.41) is 7.85. The van der Waals surface area contributed by atoms with Gasteiger partial charge < -0.3 is 0 Å². The highest BCUT2D eigenvalue weighted by Crippen LogP contribution is 2.12. The molecule has 0 aliphatic carbocycles. The summed E-state index contributed by atoms with van der Waals surface area (Å²) in [7, 11) is 0. The molecule has 0 atom stereocenters. The molecule has 0 saturated heterocycles. The van der Waals surface area contributed by atoms with Crippen LogP contribution < -0.4 is 0 Å². The molecule has 0 saturated carbocycles. The van der Waals surface area contributed by atoms with Gasteiger partial charge in [0.15, 0.2) is 0 Å². The lowest BCUT2D eigenvalue weighted by molar-refractivity contribution is 0.621. The smallest absolute Gasteiger partial charge is 0.125 e. The summed E-state index contributed by atoms with van der Waals surface area (Å²) >= 11 is 0. The van der Waals surface area contributed by atoms with E-state index >= 15 is 0 Å². The quantitative estimate of drug-likeness (QED) is 0.664. The second-order valence-electron chi connectivity index (χ2n) is 2.75. The summed E-state index contributed by atoms with van der Waals surface area (Å²) in [6.45, 7) is 1.89. The van der Waals surface area contributed by atoms with E-state index in [4.69, 9.17) is 0 Å². The van der Waals surface area contributed by atoms with Crippen LogP contribution >= 0.6 is 0 Å². The molecule has 0 aliphatic heterocycles. The van der Waals surface area contributed by atoms with E-state index < -0.39 is 0 Å². The van der Waals surface area contributed by atoms with Gasteiger partial charge in [-0.2, -0.15) is 15.0 Å². The van der Waals surface area contributed by atoms with Crippen LogP contribution in [-0.4, -0.2) is 15.0 Å². The first-order chi connectivity index (χ1) is 6.27. The van der Waals surface area contributed by atoms with Crippen molar-refractivity contribution in [1.82, 2.24) is 15.0 Å². The van der Waals surface area contributed by atoms with Crippen molar-refractivity contribution in [2.24, 2.45) is 0 Å². The lowest BCUT2D eigenvalue weighted by atomic mass is 10.2. The average molecular weight is 177 g/mol. The zero-order valence-electron chi connectivity index (χ0n) is 7.11. The molecule has 2 aromatic rings. The second-order valence-corrected chi connectivity index (χ2v) is 2.75. The zero-order valence-corrected chi connectivity index (χ0v) is 7.11. The molecule has 66 valence electrons. The molecule has 0 fully saturated rings. The number of rotatable bonds is 1. The summed E-state index contributed by atoms with van der Waals surface area (Å²) in [5.74, 6) is -0.280. The van der Waals surface area contributed by atoms with Crippen molar-refractivity contribution in [2.75, 3.05) is 0 Å². The molecule has 0 spiro atoms. The summed E-state index contributed by atoms with van der Waals surface area (Å²) in [6, 6.07) is 4.53. The summed E-state index contributed by atoms with van der Waals surface area (Å²) < 4.78 is 12.9. The van der Waals surface area contributed by atoms with Crippen LogP contribution in [-0.2, 0) is 0 Å². The van der Waals surface area contributed by atoms with Gasteiger partial charge in [0.05, 0.1) is 18.1 Å². The van der Waals surface area contributed by atoms with Crippen molar-refractivity contribution in [3.63, 3.8) is 0 Å². The van der Waals surface area contributed by atoms with Crippen molar-refractivity contribution in [1.29, 1.82) is 0 Å². The van der Waals surface area contributed by atoms with E-state index in [1.165, 1.54) is 16.9 Å². The molecule has 1 aromatic carbocycles. The number of nitrogens with zero attached hydrogens (tertiary/aromatic N) is 3. The van der Waals surface area contributed by atoms with E-state index in [0.717, 1.165) is 5.56 Å². The topological polar surface area (TPSA) is 30.7 Å². The molecule has 0 amide bonds. The Morgan fingerprint density at radius 1 is 1.23 bits per heavy atom. The Bertz CT molecular complexity index is 409. The molecule has 1 heterocycles. The Balaban J connectivity index is 2.57. The first-order valence-corrected chi connectivity index (χ1v) is 3.90. The van der Waals surface area contributed by atoms with Crippen LogP contribution in [0.4, 0.5) is 4.39 Å². The molecule has 0 aliphatic rings. The molecule has 13 heavy (non-hydrogen) atoms. The zero-order chi connectivity index (χ0) is 9.26. The van der Waals surface area contributed by atoms with Crippen LogP contribution in [0.5, 0.6) is 0 Å². The Kier molecular flexibility index (Phi) is 1.81. The molecule has 0 N–H and O–H groups in total. The fourth-order valence-corrected chi connectivity index (χ4v) is 1.14. The summed E-state index contributed by atoms with van der Waals surface area (Å²) in [4.78, 5) is 1.40. The van der Waals surface area contributed by atoms with Gasteiger partial charge in [-0.1, -0.05) is 6.07 Å². The third kappa shape index (κ3) is 1.42. The van der Waals surface area contributed by atoms with E-state index in [0.29, 0.717) is 5.69 Å². The van der Waals surface area contributed by atoms with Gasteiger partial charge in [0.2, 0.25) is 0 Å². The third-order valence-electron chi connectivity index (χ3n) is 1.81. The van der Waals surface area contributed by atoms with Gasteiger partial charge >= 0.3 is 0 Å². The van der Waals surface area contributed by atoms with E-state index in [-0.39, 0.29) is 5.82 Å². The van der Waals surface area contributed by atoms with E-state index in [1.807, 2.05) is 6.92 Å². The summed E-state index contributed by atoms with van der Waals surface area (Å²) in [5.41, 5.74) is 1.61. The Morgan fingerprint density at radius 2 is 1.92 bits per heavy atom. The highest BCUT2D eigenvalue weighted by atomic mass is 19.1. The maximum absolute atomic E-state index is 12.9. The third-order valence-corrected chi connectivity index (χ3v) is 1.81. The van der Waals surface area contributed by atoms with Crippen LogP contribution in [0.25, 0.3) is 5.69 Å². The largest absolute Gasteiger partial charge is 0.207 e. The molecular weight excluding hydrogens is 169 g/mol. The number of halogens is 1. The van der Waals surface area contributed by atoms with E-state index in [1.54, 1.807) is 18.5 Å². The van der Waals surface area contributed by atoms with Gasteiger partial charge in [0.1, 0.15) is 5.82 Å². The van der Waals surface area contributed by atoms with Crippen LogP contribution in [0.15, 0.2) is 30.6 Å². The number of hydrogen-bond donors (Lipinski definition) is 0. The minimum Gasteiger partial charge on any atom is -0.207 e. The van der Waals surface area contributed by atoms with Crippen molar-refractivity contribution in [2.45, 2.75) is 6.92 Å². The van der Waals surface area contributed by atoms with Crippen molar-refractivity contribution in [3.05, 3.63) is 42.0 Å². The normalized spacial score (nSPS) is 10.3. The standard InChI is InChI=1S/C9H8FN3/c1-7-2-3-8(10)6-9(7)13-11-4-5-12-13/h2-6H,1H3. The van der Waals surface area contributed by atoms with Crippen molar-refractivity contribution >= 4 is 0 Å². The Labute approximate surface area is 74.8 Å². The number of hydrogen-bond acceptors (Lipinski definition) is 2. The van der Waals surface area contributed by atoms with Crippen LogP contribution in [0, 0.1) is 12.7 Å². The van der Waals surface area contributed by atoms with Crippen molar-refractivity contribution in [3.8, 4) is 5.69 Å². The van der Waals surface area contributed by atoms with Crippen molar-refractivity contribution < 1.29 is 4.39 Å². The predicted molar refractivity (Wildman–Crippen MR) is 46.1 cm³/mol.